The molecule has 2 heterocycles. The Morgan fingerprint density at radius 3 is 2.25 bits per heavy atom. The van der Waals surface area contributed by atoms with Gasteiger partial charge in [-0.2, -0.15) is 0 Å². The summed E-state index contributed by atoms with van der Waals surface area (Å²) >= 11 is 0. The third-order valence-electron chi connectivity index (χ3n) is 6.12. The molecule has 28 heavy (non-hydrogen) atoms. The van der Waals surface area contributed by atoms with Crippen LogP contribution in [0.3, 0.4) is 0 Å². The molecule has 0 spiro atoms. The van der Waals surface area contributed by atoms with Gasteiger partial charge in [0, 0.05) is 37.8 Å². The summed E-state index contributed by atoms with van der Waals surface area (Å²) < 4.78 is 5.37. The largest absolute Gasteiger partial charge is 0.381 e. The number of likely N-dealkylation sites (tertiary alicyclic amines) is 1. The maximum atomic E-state index is 12.8. The van der Waals surface area contributed by atoms with Crippen LogP contribution in [0.25, 0.3) is 0 Å². The molecule has 1 amide bonds. The first-order chi connectivity index (χ1) is 13.5. The van der Waals surface area contributed by atoms with Gasteiger partial charge in [0.1, 0.15) is 0 Å². The van der Waals surface area contributed by atoms with E-state index in [9.17, 15) is 9.59 Å². The minimum Gasteiger partial charge on any atom is -0.381 e. The average molecular weight is 387 g/mol. The second-order valence-corrected chi connectivity index (χ2v) is 8.73. The minimum absolute atomic E-state index is 0.000645. The van der Waals surface area contributed by atoms with E-state index < -0.39 is 6.04 Å². The Balaban J connectivity index is 1.51. The van der Waals surface area contributed by atoms with Crippen LogP contribution in [0.2, 0.25) is 0 Å². The Labute approximate surface area is 168 Å². The van der Waals surface area contributed by atoms with E-state index in [1.54, 1.807) is 0 Å². The maximum absolute atomic E-state index is 12.8. The summed E-state index contributed by atoms with van der Waals surface area (Å²) in [6.45, 7) is 7.02. The number of ketones is 1. The lowest BCUT2D eigenvalue weighted by atomic mass is 9.87. The molecule has 1 aromatic rings. The summed E-state index contributed by atoms with van der Waals surface area (Å²) in [4.78, 5) is 27.5. The summed E-state index contributed by atoms with van der Waals surface area (Å²) in [6.07, 6.45) is 4.18. The molecule has 2 N–H and O–H groups in total. The van der Waals surface area contributed by atoms with Crippen molar-refractivity contribution in [2.45, 2.75) is 52.0 Å². The van der Waals surface area contributed by atoms with Crippen LogP contribution in [0.4, 0.5) is 0 Å². The monoisotopic (exact) mass is 386 g/mol. The second-order valence-electron chi connectivity index (χ2n) is 8.73. The minimum atomic E-state index is -0.440. The summed E-state index contributed by atoms with van der Waals surface area (Å²) in [5, 5.41) is 0. The Hall–Kier alpha value is -1.72. The molecule has 0 saturated carbocycles. The van der Waals surface area contributed by atoms with Gasteiger partial charge in [-0.3, -0.25) is 9.59 Å². The predicted molar refractivity (Wildman–Crippen MR) is 110 cm³/mol. The van der Waals surface area contributed by atoms with Crippen molar-refractivity contribution in [3.63, 3.8) is 0 Å². The molecule has 0 bridgehead atoms. The number of carbonyl (C=O) groups is 2. The number of Topliss-reactive ketones (excluding diaryl/α,β-unsaturated/α-hetero) is 1. The zero-order valence-electron chi connectivity index (χ0n) is 17.2. The Morgan fingerprint density at radius 2 is 1.68 bits per heavy atom. The van der Waals surface area contributed by atoms with Gasteiger partial charge in [-0.25, -0.2) is 0 Å². The number of nitrogens with zero attached hydrogens (tertiary/aromatic N) is 1. The predicted octanol–water partition coefficient (Wildman–Crippen LogP) is 3.06. The van der Waals surface area contributed by atoms with Crippen LogP contribution in [-0.2, 0) is 16.0 Å². The van der Waals surface area contributed by atoms with Gasteiger partial charge in [0.15, 0.2) is 5.78 Å². The van der Waals surface area contributed by atoms with Crippen molar-refractivity contribution in [2.24, 2.45) is 23.5 Å². The number of hydrogen-bond donors (Lipinski definition) is 1. The molecule has 2 saturated heterocycles. The van der Waals surface area contributed by atoms with E-state index in [2.05, 4.69) is 26.0 Å². The van der Waals surface area contributed by atoms with E-state index >= 15 is 0 Å². The zero-order valence-corrected chi connectivity index (χ0v) is 17.2. The van der Waals surface area contributed by atoms with Crippen LogP contribution in [-0.4, -0.2) is 48.9 Å². The van der Waals surface area contributed by atoms with Gasteiger partial charge >= 0.3 is 0 Å². The smallest absolute Gasteiger partial charge is 0.239 e. The van der Waals surface area contributed by atoms with Crippen molar-refractivity contribution >= 4 is 11.7 Å². The third kappa shape index (κ3) is 5.21. The molecule has 0 aromatic heterocycles. The molecule has 5 nitrogen and oxygen atoms in total. The number of benzene rings is 1. The molecular weight excluding hydrogens is 352 g/mol. The lowest BCUT2D eigenvalue weighted by Gasteiger charge is -2.35. The van der Waals surface area contributed by atoms with Crippen LogP contribution in [0.5, 0.6) is 0 Å². The van der Waals surface area contributed by atoms with Crippen molar-refractivity contribution in [1.82, 2.24) is 4.90 Å². The lowest BCUT2D eigenvalue weighted by molar-refractivity contribution is -0.136. The van der Waals surface area contributed by atoms with Crippen molar-refractivity contribution in [1.29, 1.82) is 0 Å². The highest BCUT2D eigenvalue weighted by Crippen LogP contribution is 2.25. The van der Waals surface area contributed by atoms with Crippen molar-refractivity contribution < 1.29 is 14.3 Å². The van der Waals surface area contributed by atoms with Gasteiger partial charge in [0.2, 0.25) is 5.91 Å². The SMILES string of the molecule is CC(C)Cc1ccc(C(=O)C2CCN(C(=O)C(N)C3CCOCC3)CC2)cc1. The number of amides is 1. The average Bonchev–Trinajstić information content (AvgIpc) is 2.73. The van der Waals surface area contributed by atoms with Gasteiger partial charge in [0.05, 0.1) is 6.04 Å². The van der Waals surface area contributed by atoms with Crippen molar-refractivity contribution in [2.75, 3.05) is 26.3 Å². The number of nitrogens with two attached hydrogens (primary N) is 1. The molecule has 5 heteroatoms. The number of rotatable bonds is 6. The number of ether oxygens (including phenoxy) is 1. The normalized spacial score (nSPS) is 20.4. The van der Waals surface area contributed by atoms with Gasteiger partial charge in [-0.1, -0.05) is 38.1 Å². The second kappa shape index (κ2) is 9.66. The quantitative estimate of drug-likeness (QED) is 0.763. The number of piperidine rings is 1. The molecule has 1 unspecified atom stereocenters. The third-order valence-corrected chi connectivity index (χ3v) is 6.12. The maximum Gasteiger partial charge on any atom is 0.239 e. The molecule has 2 fully saturated rings. The molecule has 3 rings (SSSR count). The fourth-order valence-corrected chi connectivity index (χ4v) is 4.36. The van der Waals surface area contributed by atoms with Crippen LogP contribution < -0.4 is 5.73 Å². The highest BCUT2D eigenvalue weighted by atomic mass is 16.5. The van der Waals surface area contributed by atoms with Crippen molar-refractivity contribution in [3.8, 4) is 0 Å². The Bertz CT molecular complexity index is 657. The standard InChI is InChI=1S/C23H34N2O3/c1-16(2)15-17-3-5-19(6-4-17)22(26)20-7-11-25(12-8-20)23(27)21(24)18-9-13-28-14-10-18/h3-6,16,18,20-21H,7-15,24H2,1-2H3. The molecule has 1 atom stereocenters. The topological polar surface area (TPSA) is 72.6 Å². The molecule has 0 radical (unpaired) electrons. The van der Waals surface area contributed by atoms with Gasteiger partial charge in [-0.15, -0.1) is 0 Å². The molecule has 154 valence electrons. The lowest BCUT2D eigenvalue weighted by Crippen LogP contribution is -2.51. The first-order valence-corrected chi connectivity index (χ1v) is 10.7. The summed E-state index contributed by atoms with van der Waals surface area (Å²) in [5.74, 6) is 1.06. The van der Waals surface area contributed by atoms with Gasteiger partial charge in [0.25, 0.3) is 0 Å². The fraction of sp³-hybridized carbons (Fsp3) is 0.652. The van der Waals surface area contributed by atoms with Crippen LogP contribution in [0.1, 0.15) is 55.5 Å². The summed E-state index contributed by atoms with van der Waals surface area (Å²) in [6, 6.07) is 7.61. The highest BCUT2D eigenvalue weighted by molar-refractivity contribution is 5.98. The fourth-order valence-electron chi connectivity index (χ4n) is 4.36. The zero-order chi connectivity index (χ0) is 20.1. The first kappa shape index (κ1) is 21.0. The molecule has 1 aromatic carbocycles. The summed E-state index contributed by atoms with van der Waals surface area (Å²) in [5.41, 5.74) is 8.30. The van der Waals surface area contributed by atoms with Crippen LogP contribution in [0, 0.1) is 17.8 Å². The van der Waals surface area contributed by atoms with Crippen LogP contribution in [0.15, 0.2) is 24.3 Å². The Morgan fingerprint density at radius 1 is 1.07 bits per heavy atom. The van der Waals surface area contributed by atoms with E-state index in [4.69, 9.17) is 10.5 Å². The van der Waals surface area contributed by atoms with Crippen LogP contribution >= 0.6 is 0 Å². The first-order valence-electron chi connectivity index (χ1n) is 10.7. The number of carbonyl (C=O) groups excluding carboxylic acids is 2. The van der Waals surface area contributed by atoms with E-state index in [0.29, 0.717) is 32.2 Å². The molecule has 0 aliphatic carbocycles. The number of hydrogen-bond acceptors (Lipinski definition) is 4. The molecule has 2 aliphatic heterocycles. The van der Waals surface area contributed by atoms with E-state index in [-0.39, 0.29) is 23.5 Å². The van der Waals surface area contributed by atoms with Gasteiger partial charge < -0.3 is 15.4 Å². The van der Waals surface area contributed by atoms with E-state index in [1.807, 2.05) is 17.0 Å². The summed E-state index contributed by atoms with van der Waals surface area (Å²) in [7, 11) is 0. The van der Waals surface area contributed by atoms with Crippen molar-refractivity contribution in [3.05, 3.63) is 35.4 Å². The Kier molecular flexibility index (Phi) is 7.24. The van der Waals surface area contributed by atoms with E-state index in [1.165, 1.54) is 5.56 Å². The van der Waals surface area contributed by atoms with Gasteiger partial charge in [-0.05, 0) is 49.5 Å². The molecular formula is C23H34N2O3. The molecule has 2 aliphatic rings. The van der Waals surface area contributed by atoms with E-state index in [0.717, 1.165) is 37.7 Å². The highest BCUT2D eigenvalue weighted by Gasteiger charge is 2.33.